The zero-order valence-electron chi connectivity index (χ0n) is 13.5. The lowest BCUT2D eigenvalue weighted by atomic mass is 10.0. The molecule has 0 spiro atoms. The Hall–Kier alpha value is -2.59. The lowest BCUT2D eigenvalue weighted by Gasteiger charge is -2.24. The van der Waals surface area contributed by atoms with Crippen LogP contribution in [0.1, 0.15) is 12.8 Å². The summed E-state index contributed by atoms with van der Waals surface area (Å²) in [5, 5.41) is 5.63. The summed E-state index contributed by atoms with van der Waals surface area (Å²) in [6, 6.07) is 14.2. The number of nitrogens with two attached hydrogens (primary N) is 1. The van der Waals surface area contributed by atoms with Crippen LogP contribution in [0.25, 0.3) is 21.9 Å². The number of rotatable bonds is 3. The Labute approximate surface area is 141 Å². The van der Waals surface area contributed by atoms with Crippen molar-refractivity contribution in [2.45, 2.75) is 18.9 Å². The molecule has 3 N–H and O–H groups in total. The smallest absolute Gasteiger partial charge is 0.120 e. The van der Waals surface area contributed by atoms with Crippen LogP contribution in [0.4, 0.5) is 5.69 Å². The van der Waals surface area contributed by atoms with Crippen molar-refractivity contribution in [1.82, 2.24) is 10.3 Å². The summed E-state index contributed by atoms with van der Waals surface area (Å²) < 4.78 is 6.19. The molecule has 1 aliphatic heterocycles. The molecular formula is C20H21N3O. The molecule has 0 unspecified atom stereocenters. The standard InChI is InChI=1S/C20H21N3O/c21-16-4-1-14(2-5-16)20-13-23-12-15-3-6-18(11-19(15)20)24-17-7-9-22-10-8-17/h1-6,11-13,17,22H,7-10,21H2. The van der Waals surface area contributed by atoms with Crippen LogP contribution in [0.3, 0.4) is 0 Å². The van der Waals surface area contributed by atoms with Crippen molar-refractivity contribution in [2.75, 3.05) is 18.8 Å². The van der Waals surface area contributed by atoms with Gasteiger partial charge in [0.1, 0.15) is 11.9 Å². The van der Waals surface area contributed by atoms with Gasteiger partial charge in [0.05, 0.1) is 0 Å². The summed E-state index contributed by atoms with van der Waals surface area (Å²) in [7, 11) is 0. The van der Waals surface area contributed by atoms with E-state index in [1.54, 1.807) is 0 Å². The van der Waals surface area contributed by atoms with Crippen molar-refractivity contribution in [3.05, 3.63) is 54.9 Å². The molecule has 3 aromatic rings. The Balaban J connectivity index is 1.71. The minimum Gasteiger partial charge on any atom is -0.490 e. The number of pyridine rings is 1. The molecule has 24 heavy (non-hydrogen) atoms. The average molecular weight is 319 g/mol. The van der Waals surface area contributed by atoms with Gasteiger partial charge in [0, 0.05) is 29.0 Å². The van der Waals surface area contributed by atoms with Crippen LogP contribution in [0.15, 0.2) is 54.9 Å². The largest absolute Gasteiger partial charge is 0.490 e. The number of nitrogen functional groups attached to an aromatic ring is 1. The third kappa shape index (κ3) is 3.05. The molecule has 122 valence electrons. The van der Waals surface area contributed by atoms with Crippen molar-refractivity contribution >= 4 is 16.5 Å². The van der Waals surface area contributed by atoms with Gasteiger partial charge in [-0.15, -0.1) is 0 Å². The van der Waals surface area contributed by atoms with Gasteiger partial charge in [0.2, 0.25) is 0 Å². The fourth-order valence-corrected chi connectivity index (χ4v) is 3.21. The summed E-state index contributed by atoms with van der Waals surface area (Å²) in [6.45, 7) is 2.05. The lowest BCUT2D eigenvalue weighted by Crippen LogP contribution is -2.34. The number of nitrogens with zero attached hydrogens (tertiary/aromatic N) is 1. The maximum atomic E-state index is 6.19. The quantitative estimate of drug-likeness (QED) is 0.724. The Morgan fingerprint density at radius 1 is 1.00 bits per heavy atom. The number of hydrogen-bond donors (Lipinski definition) is 2. The molecule has 2 aromatic carbocycles. The molecular weight excluding hydrogens is 298 g/mol. The lowest BCUT2D eigenvalue weighted by molar-refractivity contribution is 0.162. The van der Waals surface area contributed by atoms with Crippen LogP contribution >= 0.6 is 0 Å². The maximum absolute atomic E-state index is 6.19. The predicted molar refractivity (Wildman–Crippen MR) is 98.1 cm³/mol. The fraction of sp³-hybridized carbons (Fsp3) is 0.250. The predicted octanol–water partition coefficient (Wildman–Crippen LogP) is 3.61. The minimum atomic E-state index is 0.297. The van der Waals surface area contributed by atoms with Crippen molar-refractivity contribution in [3.8, 4) is 16.9 Å². The van der Waals surface area contributed by atoms with E-state index in [2.05, 4.69) is 22.4 Å². The van der Waals surface area contributed by atoms with E-state index in [1.807, 2.05) is 42.7 Å². The number of hydrogen-bond acceptors (Lipinski definition) is 4. The summed E-state index contributed by atoms with van der Waals surface area (Å²) in [6.07, 6.45) is 6.20. The zero-order chi connectivity index (χ0) is 16.4. The fourth-order valence-electron chi connectivity index (χ4n) is 3.21. The number of piperidine rings is 1. The van der Waals surface area contributed by atoms with E-state index in [4.69, 9.17) is 10.5 Å². The van der Waals surface area contributed by atoms with Crippen molar-refractivity contribution < 1.29 is 4.74 Å². The molecule has 4 rings (SSSR count). The van der Waals surface area contributed by atoms with E-state index in [0.717, 1.165) is 59.3 Å². The van der Waals surface area contributed by atoms with Crippen LogP contribution in [0.2, 0.25) is 0 Å². The molecule has 1 aliphatic rings. The second kappa shape index (κ2) is 6.49. The van der Waals surface area contributed by atoms with Crippen LogP contribution in [0, 0.1) is 0 Å². The highest BCUT2D eigenvalue weighted by Crippen LogP contribution is 2.31. The molecule has 0 amide bonds. The third-order valence-corrected chi connectivity index (χ3v) is 4.54. The Morgan fingerprint density at radius 3 is 2.58 bits per heavy atom. The van der Waals surface area contributed by atoms with E-state index in [0.29, 0.717) is 6.10 Å². The zero-order valence-corrected chi connectivity index (χ0v) is 13.5. The van der Waals surface area contributed by atoms with Crippen LogP contribution in [-0.2, 0) is 0 Å². The molecule has 0 radical (unpaired) electrons. The van der Waals surface area contributed by atoms with E-state index in [-0.39, 0.29) is 0 Å². The first-order chi connectivity index (χ1) is 11.8. The number of anilines is 1. The normalized spacial score (nSPS) is 15.5. The van der Waals surface area contributed by atoms with Gasteiger partial charge >= 0.3 is 0 Å². The van der Waals surface area contributed by atoms with Gasteiger partial charge in [-0.2, -0.15) is 0 Å². The van der Waals surface area contributed by atoms with Crippen molar-refractivity contribution in [3.63, 3.8) is 0 Å². The van der Waals surface area contributed by atoms with Gasteiger partial charge in [-0.05, 0) is 67.2 Å². The Kier molecular flexibility index (Phi) is 4.05. The van der Waals surface area contributed by atoms with Gasteiger partial charge in [-0.25, -0.2) is 0 Å². The number of ether oxygens (including phenoxy) is 1. The average Bonchev–Trinajstić information content (AvgIpc) is 2.63. The second-order valence-corrected chi connectivity index (χ2v) is 6.26. The second-order valence-electron chi connectivity index (χ2n) is 6.26. The number of aromatic nitrogens is 1. The van der Waals surface area contributed by atoms with E-state index in [1.165, 1.54) is 0 Å². The molecule has 1 aromatic heterocycles. The number of fused-ring (bicyclic) bond motifs is 1. The summed E-state index contributed by atoms with van der Waals surface area (Å²) in [5.41, 5.74) is 8.78. The van der Waals surface area contributed by atoms with E-state index in [9.17, 15) is 0 Å². The van der Waals surface area contributed by atoms with Crippen molar-refractivity contribution in [2.24, 2.45) is 0 Å². The molecule has 1 fully saturated rings. The topological polar surface area (TPSA) is 60.2 Å². The molecule has 4 nitrogen and oxygen atoms in total. The minimum absolute atomic E-state index is 0.297. The molecule has 0 aliphatic carbocycles. The van der Waals surface area contributed by atoms with Crippen LogP contribution in [0.5, 0.6) is 5.75 Å². The number of nitrogens with one attached hydrogen (secondary N) is 1. The van der Waals surface area contributed by atoms with Crippen LogP contribution in [-0.4, -0.2) is 24.2 Å². The Morgan fingerprint density at radius 2 is 1.79 bits per heavy atom. The highest BCUT2D eigenvalue weighted by molar-refractivity contribution is 5.96. The maximum Gasteiger partial charge on any atom is 0.120 e. The van der Waals surface area contributed by atoms with E-state index >= 15 is 0 Å². The third-order valence-electron chi connectivity index (χ3n) is 4.54. The van der Waals surface area contributed by atoms with Crippen LogP contribution < -0.4 is 15.8 Å². The van der Waals surface area contributed by atoms with Gasteiger partial charge in [-0.1, -0.05) is 12.1 Å². The summed E-state index contributed by atoms with van der Waals surface area (Å²) in [5.74, 6) is 0.928. The monoisotopic (exact) mass is 319 g/mol. The van der Waals surface area contributed by atoms with Gasteiger partial charge in [0.15, 0.2) is 0 Å². The molecule has 0 saturated carbocycles. The summed E-state index contributed by atoms with van der Waals surface area (Å²) >= 11 is 0. The SMILES string of the molecule is Nc1ccc(-c2cncc3ccc(OC4CCNCC4)cc23)cc1. The molecule has 0 atom stereocenters. The first-order valence-electron chi connectivity index (χ1n) is 8.41. The highest BCUT2D eigenvalue weighted by atomic mass is 16.5. The molecule has 0 bridgehead atoms. The first-order valence-corrected chi connectivity index (χ1v) is 8.41. The van der Waals surface area contributed by atoms with Gasteiger partial charge in [-0.3, -0.25) is 4.98 Å². The number of benzene rings is 2. The van der Waals surface area contributed by atoms with Gasteiger partial charge < -0.3 is 15.8 Å². The summed E-state index contributed by atoms with van der Waals surface area (Å²) in [4.78, 5) is 4.38. The van der Waals surface area contributed by atoms with Gasteiger partial charge in [0.25, 0.3) is 0 Å². The molecule has 4 heteroatoms. The molecule has 1 saturated heterocycles. The first kappa shape index (κ1) is 15.0. The van der Waals surface area contributed by atoms with E-state index < -0.39 is 0 Å². The van der Waals surface area contributed by atoms with Crippen molar-refractivity contribution in [1.29, 1.82) is 0 Å². The highest BCUT2D eigenvalue weighted by Gasteiger charge is 2.15. The molecule has 2 heterocycles. The Bertz CT molecular complexity index is 839.